The van der Waals surface area contributed by atoms with E-state index < -0.39 is 5.97 Å². The topological polar surface area (TPSA) is 66.8 Å². The van der Waals surface area contributed by atoms with Gasteiger partial charge in [0, 0.05) is 6.42 Å². The van der Waals surface area contributed by atoms with Crippen LogP contribution in [0.25, 0.3) is 0 Å². The van der Waals surface area contributed by atoms with Gasteiger partial charge in [-0.2, -0.15) is 0 Å². The molecule has 0 saturated heterocycles. The van der Waals surface area contributed by atoms with Gasteiger partial charge >= 0.3 is 5.97 Å². The van der Waals surface area contributed by atoms with Crippen molar-refractivity contribution < 1.29 is 20.0 Å². The molecule has 4 heteroatoms. The fourth-order valence-corrected chi connectivity index (χ4v) is 1.98. The summed E-state index contributed by atoms with van der Waals surface area (Å²) in [5.41, 5.74) is 0. The molecule has 0 fully saturated rings. The van der Waals surface area contributed by atoms with Gasteiger partial charge in [0.15, 0.2) is 0 Å². The van der Waals surface area contributed by atoms with Crippen LogP contribution in [0.4, 0.5) is 0 Å². The highest BCUT2D eigenvalue weighted by Crippen LogP contribution is 2.08. The number of rotatable bonds is 14. The highest BCUT2D eigenvalue weighted by molar-refractivity contribution is 5.66. The maximum Gasteiger partial charge on any atom is 0.303 e. The van der Waals surface area contributed by atoms with Crippen LogP contribution >= 0.6 is 0 Å². The first kappa shape index (κ1) is 20.6. The van der Waals surface area contributed by atoms with Crippen molar-refractivity contribution in [3.63, 3.8) is 0 Å². The van der Waals surface area contributed by atoms with E-state index in [2.05, 4.69) is 17.9 Å². The summed E-state index contributed by atoms with van der Waals surface area (Å²) in [6.45, 7) is 2.07. The molecule has 22 heavy (non-hydrogen) atoms. The van der Waals surface area contributed by atoms with E-state index >= 15 is 0 Å². The Balaban J connectivity index is 3.57. The van der Waals surface area contributed by atoms with Gasteiger partial charge in [-0.3, -0.25) is 10.1 Å². The number of allylic oxidation sites excluding steroid dienone is 4. The van der Waals surface area contributed by atoms with Gasteiger partial charge in [-0.1, -0.05) is 62.6 Å². The Bertz CT molecular complexity index is 345. The number of unbranched alkanes of at least 4 members (excludes halogenated alkanes) is 5. The molecule has 0 heterocycles. The summed E-state index contributed by atoms with van der Waals surface area (Å²) in [7, 11) is 0. The van der Waals surface area contributed by atoms with Gasteiger partial charge in [-0.15, -0.1) is 0 Å². The Kier molecular flexibility index (Phi) is 15.0. The van der Waals surface area contributed by atoms with Gasteiger partial charge < -0.3 is 5.11 Å². The zero-order valence-corrected chi connectivity index (χ0v) is 13.6. The predicted octanol–water partition coefficient (Wildman–Crippen LogP) is 5.13. The Morgan fingerprint density at radius 2 is 1.77 bits per heavy atom. The average molecular weight is 310 g/mol. The van der Waals surface area contributed by atoms with Crippen molar-refractivity contribution in [2.24, 2.45) is 0 Å². The van der Waals surface area contributed by atoms with E-state index in [4.69, 9.17) is 10.4 Å². The molecule has 0 aliphatic heterocycles. The third-order valence-electron chi connectivity index (χ3n) is 3.24. The normalized spacial score (nSPS) is 13.5. The van der Waals surface area contributed by atoms with Crippen molar-refractivity contribution in [1.29, 1.82) is 0 Å². The molecule has 0 amide bonds. The molecular formula is C18H30O4. The number of carboxylic acid groups (broad SMARTS) is 1. The highest BCUT2D eigenvalue weighted by Gasteiger charge is 2.00. The van der Waals surface area contributed by atoms with Crippen LogP contribution in [0.2, 0.25) is 0 Å². The summed E-state index contributed by atoms with van der Waals surface area (Å²) in [4.78, 5) is 14.7. The van der Waals surface area contributed by atoms with Crippen LogP contribution in [0.5, 0.6) is 0 Å². The summed E-state index contributed by atoms with van der Waals surface area (Å²) in [5, 5.41) is 17.3. The van der Waals surface area contributed by atoms with Gasteiger partial charge in [0.25, 0.3) is 0 Å². The molecule has 2 N–H and O–H groups in total. The standard InChI is InChI=1S/C18H30O4/c1-2-3-4-11-14-17(22-21)15-12-9-7-5-6-8-10-13-16-18(19)20/h3-4,9,11-12,14,17,21H,2,5-8,10,13,15-16H2,1H3,(H,19,20)/b4-3+,12-9+,14-11+. The van der Waals surface area contributed by atoms with E-state index in [1.165, 1.54) is 0 Å². The smallest absolute Gasteiger partial charge is 0.303 e. The quantitative estimate of drug-likeness (QED) is 0.153. The fraction of sp³-hybridized carbons (Fsp3) is 0.611. The molecule has 0 spiro atoms. The molecule has 0 aliphatic carbocycles. The zero-order valence-electron chi connectivity index (χ0n) is 13.6. The van der Waals surface area contributed by atoms with Gasteiger partial charge in [0.1, 0.15) is 6.10 Å². The van der Waals surface area contributed by atoms with E-state index in [1.807, 2.05) is 30.4 Å². The molecule has 0 saturated carbocycles. The first-order valence-electron chi connectivity index (χ1n) is 8.21. The molecule has 1 unspecified atom stereocenters. The second kappa shape index (κ2) is 16.0. The number of carboxylic acids is 1. The summed E-state index contributed by atoms with van der Waals surface area (Å²) >= 11 is 0. The molecule has 0 bridgehead atoms. The van der Waals surface area contributed by atoms with E-state index in [1.54, 1.807) is 0 Å². The lowest BCUT2D eigenvalue weighted by Crippen LogP contribution is -2.04. The molecule has 0 aromatic carbocycles. The van der Waals surface area contributed by atoms with Crippen LogP contribution in [0.1, 0.15) is 64.7 Å². The van der Waals surface area contributed by atoms with Crippen molar-refractivity contribution in [3.05, 3.63) is 36.5 Å². The maximum atomic E-state index is 10.3. The summed E-state index contributed by atoms with van der Waals surface area (Å²) in [6.07, 6.45) is 19.6. The van der Waals surface area contributed by atoms with Crippen LogP contribution in [0.3, 0.4) is 0 Å². The summed E-state index contributed by atoms with van der Waals surface area (Å²) in [6, 6.07) is 0. The van der Waals surface area contributed by atoms with Crippen molar-refractivity contribution in [3.8, 4) is 0 Å². The van der Waals surface area contributed by atoms with Gasteiger partial charge in [0.05, 0.1) is 0 Å². The first-order valence-corrected chi connectivity index (χ1v) is 8.21. The SMILES string of the molecule is CC/C=C/C=C/C(C/C=C/CCCCCCCC(=O)O)OO. The molecule has 0 aliphatic rings. The van der Waals surface area contributed by atoms with Crippen LogP contribution in [0, 0.1) is 0 Å². The predicted molar refractivity (Wildman–Crippen MR) is 89.8 cm³/mol. The lowest BCUT2D eigenvalue weighted by molar-refractivity contribution is -0.264. The minimum Gasteiger partial charge on any atom is -0.481 e. The van der Waals surface area contributed by atoms with Crippen LogP contribution < -0.4 is 0 Å². The minimum absolute atomic E-state index is 0.281. The van der Waals surface area contributed by atoms with Crippen LogP contribution in [0.15, 0.2) is 36.5 Å². The number of aliphatic carboxylic acids is 1. The Morgan fingerprint density at radius 1 is 1.05 bits per heavy atom. The minimum atomic E-state index is -0.706. The number of carbonyl (C=O) groups is 1. The van der Waals surface area contributed by atoms with Gasteiger partial charge in [-0.05, 0) is 32.1 Å². The Morgan fingerprint density at radius 3 is 2.45 bits per heavy atom. The maximum absolute atomic E-state index is 10.3. The monoisotopic (exact) mass is 310 g/mol. The third kappa shape index (κ3) is 15.0. The van der Waals surface area contributed by atoms with E-state index in [0.717, 1.165) is 44.9 Å². The molecule has 0 rings (SSSR count). The Hall–Kier alpha value is -1.39. The van der Waals surface area contributed by atoms with Crippen molar-refractivity contribution in [2.45, 2.75) is 70.8 Å². The molecular weight excluding hydrogens is 280 g/mol. The van der Waals surface area contributed by atoms with Gasteiger partial charge in [0.2, 0.25) is 0 Å². The second-order valence-corrected chi connectivity index (χ2v) is 5.27. The van der Waals surface area contributed by atoms with Crippen LogP contribution in [-0.2, 0) is 9.68 Å². The Labute approximate surface area is 134 Å². The second-order valence-electron chi connectivity index (χ2n) is 5.27. The molecule has 126 valence electrons. The zero-order chi connectivity index (χ0) is 16.5. The summed E-state index contributed by atoms with van der Waals surface area (Å²) in [5.74, 6) is -0.706. The van der Waals surface area contributed by atoms with Gasteiger partial charge in [-0.25, -0.2) is 4.89 Å². The summed E-state index contributed by atoms with van der Waals surface area (Å²) < 4.78 is 0. The van der Waals surface area contributed by atoms with E-state index in [0.29, 0.717) is 6.42 Å². The number of hydrogen-bond donors (Lipinski definition) is 2. The number of hydrogen-bond acceptors (Lipinski definition) is 3. The van der Waals surface area contributed by atoms with Crippen molar-refractivity contribution in [1.82, 2.24) is 0 Å². The molecule has 0 aromatic rings. The third-order valence-corrected chi connectivity index (χ3v) is 3.24. The first-order chi connectivity index (χ1) is 10.7. The highest BCUT2D eigenvalue weighted by atomic mass is 17.1. The molecule has 0 aromatic heterocycles. The van der Waals surface area contributed by atoms with E-state index in [-0.39, 0.29) is 12.5 Å². The van der Waals surface area contributed by atoms with Crippen LogP contribution in [-0.4, -0.2) is 22.4 Å². The largest absolute Gasteiger partial charge is 0.481 e. The molecule has 1 atom stereocenters. The van der Waals surface area contributed by atoms with Crippen molar-refractivity contribution >= 4 is 5.97 Å². The molecule has 0 radical (unpaired) electrons. The average Bonchev–Trinajstić information content (AvgIpc) is 2.50. The lowest BCUT2D eigenvalue weighted by Gasteiger charge is -2.04. The van der Waals surface area contributed by atoms with E-state index in [9.17, 15) is 4.79 Å². The lowest BCUT2D eigenvalue weighted by atomic mass is 10.1. The fourth-order valence-electron chi connectivity index (χ4n) is 1.98. The van der Waals surface area contributed by atoms with Crippen molar-refractivity contribution in [2.75, 3.05) is 0 Å². The molecule has 4 nitrogen and oxygen atoms in total.